The fourth-order valence-corrected chi connectivity index (χ4v) is 3.48. The van der Waals surface area contributed by atoms with E-state index in [1.165, 1.54) is 12.8 Å². The zero-order chi connectivity index (χ0) is 12.0. The maximum Gasteiger partial charge on any atom is 0.171 e. The highest BCUT2D eigenvalue weighted by Gasteiger charge is 2.29. The van der Waals surface area contributed by atoms with Gasteiger partial charge >= 0.3 is 0 Å². The van der Waals surface area contributed by atoms with Gasteiger partial charge in [0.05, 0.1) is 18.8 Å². The zero-order valence-corrected chi connectivity index (χ0v) is 12.8. The molecule has 0 unspecified atom stereocenters. The van der Waals surface area contributed by atoms with E-state index in [1.807, 2.05) is 12.1 Å². The van der Waals surface area contributed by atoms with Gasteiger partial charge in [0.25, 0.3) is 0 Å². The Morgan fingerprint density at radius 3 is 2.59 bits per heavy atom. The van der Waals surface area contributed by atoms with Crippen LogP contribution in [0.2, 0.25) is 0 Å². The molecule has 0 atom stereocenters. The molecule has 0 saturated heterocycles. The molecule has 0 bridgehead atoms. The van der Waals surface area contributed by atoms with Crippen molar-refractivity contribution < 1.29 is 0 Å². The van der Waals surface area contributed by atoms with E-state index in [4.69, 9.17) is 5.73 Å². The quantitative estimate of drug-likeness (QED) is 0.857. The Morgan fingerprint density at radius 2 is 2.00 bits per heavy atom. The van der Waals surface area contributed by atoms with Gasteiger partial charge in [0.2, 0.25) is 0 Å². The number of aromatic nitrogens is 2. The van der Waals surface area contributed by atoms with Crippen molar-refractivity contribution >= 4 is 49.0 Å². The first-order valence-electron chi connectivity index (χ1n) is 5.24. The van der Waals surface area contributed by atoms with Crippen molar-refractivity contribution in [1.82, 2.24) is 9.97 Å². The molecule has 17 heavy (non-hydrogen) atoms. The number of rotatable bonds is 2. The third kappa shape index (κ3) is 2.26. The molecule has 2 heterocycles. The van der Waals surface area contributed by atoms with Gasteiger partial charge in [0.15, 0.2) is 5.82 Å². The second kappa shape index (κ2) is 4.33. The van der Waals surface area contributed by atoms with Crippen LogP contribution < -0.4 is 5.73 Å². The SMILES string of the molecule is Nc1nc(-c2ccc(Br)s2)nc(C2CC2)c1Br. The summed E-state index contributed by atoms with van der Waals surface area (Å²) in [6.07, 6.45) is 2.39. The Hall–Kier alpha value is -0.460. The molecular formula is C11H9Br2N3S. The Bertz CT molecular complexity index is 578. The Morgan fingerprint density at radius 1 is 1.24 bits per heavy atom. The van der Waals surface area contributed by atoms with Crippen molar-refractivity contribution in [3.05, 3.63) is 26.1 Å². The number of hydrogen-bond acceptors (Lipinski definition) is 4. The molecule has 0 amide bonds. The van der Waals surface area contributed by atoms with Gasteiger partial charge in [0, 0.05) is 5.92 Å². The van der Waals surface area contributed by atoms with Crippen LogP contribution in [0.5, 0.6) is 0 Å². The van der Waals surface area contributed by atoms with Crippen molar-refractivity contribution in [2.75, 3.05) is 5.73 Å². The minimum absolute atomic E-state index is 0.529. The second-order valence-electron chi connectivity index (χ2n) is 4.01. The molecule has 0 aliphatic heterocycles. The number of nitrogens with zero attached hydrogens (tertiary/aromatic N) is 2. The van der Waals surface area contributed by atoms with Crippen LogP contribution >= 0.6 is 43.2 Å². The van der Waals surface area contributed by atoms with Gasteiger partial charge in [-0.25, -0.2) is 9.97 Å². The summed E-state index contributed by atoms with van der Waals surface area (Å²) in [6.45, 7) is 0. The highest BCUT2D eigenvalue weighted by Crippen LogP contribution is 2.44. The molecule has 1 aliphatic carbocycles. The average molecular weight is 375 g/mol. The number of anilines is 1. The number of nitrogen functional groups attached to an aromatic ring is 1. The maximum atomic E-state index is 5.93. The molecule has 3 rings (SSSR count). The number of thiophene rings is 1. The smallest absolute Gasteiger partial charge is 0.171 e. The molecule has 2 aromatic heterocycles. The van der Waals surface area contributed by atoms with Gasteiger partial charge in [0.1, 0.15) is 5.82 Å². The normalized spacial score (nSPS) is 15.2. The Balaban J connectivity index is 2.11. The van der Waals surface area contributed by atoms with E-state index in [9.17, 15) is 0 Å². The Kier molecular flexibility index (Phi) is 2.96. The minimum atomic E-state index is 0.529. The predicted octanol–water partition coefficient (Wildman–Crippen LogP) is 4.19. The largest absolute Gasteiger partial charge is 0.383 e. The molecule has 2 N–H and O–H groups in total. The van der Waals surface area contributed by atoms with Crippen LogP contribution in [0.4, 0.5) is 5.82 Å². The summed E-state index contributed by atoms with van der Waals surface area (Å²) >= 11 is 8.54. The van der Waals surface area contributed by atoms with E-state index in [2.05, 4.69) is 41.8 Å². The second-order valence-corrected chi connectivity index (χ2v) is 7.27. The van der Waals surface area contributed by atoms with Crippen molar-refractivity contribution in [1.29, 1.82) is 0 Å². The third-order valence-electron chi connectivity index (χ3n) is 2.66. The molecular weight excluding hydrogens is 366 g/mol. The van der Waals surface area contributed by atoms with Gasteiger partial charge in [-0.1, -0.05) is 0 Å². The molecule has 1 aliphatic rings. The van der Waals surface area contributed by atoms with E-state index >= 15 is 0 Å². The van der Waals surface area contributed by atoms with Crippen LogP contribution in [-0.4, -0.2) is 9.97 Å². The van der Waals surface area contributed by atoms with E-state index in [0.29, 0.717) is 11.7 Å². The van der Waals surface area contributed by atoms with Crippen molar-refractivity contribution in [3.8, 4) is 10.7 Å². The number of nitrogens with two attached hydrogens (primary N) is 1. The van der Waals surface area contributed by atoms with E-state index in [0.717, 1.165) is 24.7 Å². The highest BCUT2D eigenvalue weighted by molar-refractivity contribution is 9.11. The van der Waals surface area contributed by atoms with E-state index in [-0.39, 0.29) is 0 Å². The first-order valence-corrected chi connectivity index (χ1v) is 7.64. The fraction of sp³-hybridized carbons (Fsp3) is 0.273. The van der Waals surface area contributed by atoms with Crippen LogP contribution in [0, 0.1) is 0 Å². The molecule has 0 aromatic carbocycles. The topological polar surface area (TPSA) is 51.8 Å². The highest BCUT2D eigenvalue weighted by atomic mass is 79.9. The van der Waals surface area contributed by atoms with Crippen LogP contribution in [-0.2, 0) is 0 Å². The predicted molar refractivity (Wildman–Crippen MR) is 77.1 cm³/mol. The lowest BCUT2D eigenvalue weighted by Gasteiger charge is -2.06. The van der Waals surface area contributed by atoms with Gasteiger partial charge < -0.3 is 5.73 Å². The lowest BCUT2D eigenvalue weighted by atomic mass is 10.2. The fourth-order valence-electron chi connectivity index (χ4n) is 1.65. The summed E-state index contributed by atoms with van der Waals surface area (Å²) in [4.78, 5) is 10.0. The summed E-state index contributed by atoms with van der Waals surface area (Å²) in [5.74, 6) is 1.81. The number of halogens is 2. The monoisotopic (exact) mass is 373 g/mol. The van der Waals surface area contributed by atoms with Crippen molar-refractivity contribution in [2.45, 2.75) is 18.8 Å². The lowest BCUT2D eigenvalue weighted by molar-refractivity contribution is 0.986. The first-order chi connectivity index (χ1) is 8.15. The van der Waals surface area contributed by atoms with Gasteiger partial charge in [-0.05, 0) is 56.8 Å². The number of hydrogen-bond donors (Lipinski definition) is 1. The standard InChI is InChI=1S/C11H9Br2N3S/c12-7-4-3-6(17-7)11-15-9(5-1-2-5)8(13)10(14)16-11/h3-5H,1-2H2,(H2,14,15,16). The molecule has 1 fully saturated rings. The van der Waals surface area contributed by atoms with Gasteiger partial charge in [-0.3, -0.25) is 0 Å². The van der Waals surface area contributed by atoms with Crippen LogP contribution in [0.25, 0.3) is 10.7 Å². The molecule has 0 spiro atoms. The summed E-state index contributed by atoms with van der Waals surface area (Å²) in [6, 6.07) is 4.01. The zero-order valence-electron chi connectivity index (χ0n) is 8.78. The summed E-state index contributed by atoms with van der Waals surface area (Å²) in [7, 11) is 0. The first kappa shape index (κ1) is 11.6. The summed E-state index contributed by atoms with van der Waals surface area (Å²) in [5.41, 5.74) is 6.98. The van der Waals surface area contributed by atoms with E-state index in [1.54, 1.807) is 11.3 Å². The van der Waals surface area contributed by atoms with Crippen molar-refractivity contribution in [3.63, 3.8) is 0 Å². The maximum absolute atomic E-state index is 5.93. The van der Waals surface area contributed by atoms with Crippen molar-refractivity contribution in [2.24, 2.45) is 0 Å². The molecule has 6 heteroatoms. The lowest BCUT2D eigenvalue weighted by Crippen LogP contribution is -2.01. The van der Waals surface area contributed by atoms with Gasteiger partial charge in [-0.15, -0.1) is 11.3 Å². The van der Waals surface area contributed by atoms with Crippen LogP contribution in [0.1, 0.15) is 24.5 Å². The summed E-state index contributed by atoms with van der Waals surface area (Å²) in [5, 5.41) is 0. The summed E-state index contributed by atoms with van der Waals surface area (Å²) < 4.78 is 1.94. The van der Waals surface area contributed by atoms with Crippen LogP contribution in [0.15, 0.2) is 20.4 Å². The molecule has 2 aromatic rings. The average Bonchev–Trinajstić information content (AvgIpc) is 3.05. The molecule has 1 saturated carbocycles. The third-order valence-corrected chi connectivity index (χ3v) is 5.09. The van der Waals surface area contributed by atoms with Gasteiger partial charge in [-0.2, -0.15) is 0 Å². The molecule has 88 valence electrons. The van der Waals surface area contributed by atoms with Crippen LogP contribution in [0.3, 0.4) is 0 Å². The minimum Gasteiger partial charge on any atom is -0.383 e. The van der Waals surface area contributed by atoms with E-state index < -0.39 is 0 Å². The molecule has 0 radical (unpaired) electrons. The molecule has 3 nitrogen and oxygen atoms in total. The Labute approximate surface area is 120 Å².